The van der Waals surface area contributed by atoms with Gasteiger partial charge in [-0.15, -0.1) is 0 Å². The van der Waals surface area contributed by atoms with Gasteiger partial charge in [-0.3, -0.25) is 4.79 Å². The lowest BCUT2D eigenvalue weighted by Gasteiger charge is -2.25. The summed E-state index contributed by atoms with van der Waals surface area (Å²) in [5.74, 6) is 1.17. The molecule has 0 unspecified atom stereocenters. The minimum atomic E-state index is -3.54. The molecule has 146 valence electrons. The lowest BCUT2D eigenvalue weighted by molar-refractivity contribution is -0.136. The zero-order valence-corrected chi connectivity index (χ0v) is 16.3. The maximum Gasteiger partial charge on any atom is 0.308 e. The number of nitrogens with zero attached hydrogens (tertiary/aromatic N) is 1. The molecular weight excluding hydrogens is 366 g/mol. The van der Waals surface area contributed by atoms with Gasteiger partial charge in [0.1, 0.15) is 11.5 Å². The highest BCUT2D eigenvalue weighted by molar-refractivity contribution is 7.87. The molecule has 0 aliphatic heterocycles. The first-order valence-electron chi connectivity index (χ1n) is 9.29. The molecule has 6 nitrogen and oxygen atoms in total. The molecular formula is C20H25NO5S. The Kier molecular flexibility index (Phi) is 6.21. The molecule has 1 aromatic heterocycles. The van der Waals surface area contributed by atoms with E-state index in [0.717, 1.165) is 37.0 Å². The maximum absolute atomic E-state index is 12.9. The van der Waals surface area contributed by atoms with Gasteiger partial charge in [0, 0.05) is 12.5 Å². The minimum absolute atomic E-state index is 0.0808. The van der Waals surface area contributed by atoms with E-state index in [-0.39, 0.29) is 23.3 Å². The van der Waals surface area contributed by atoms with E-state index in [9.17, 15) is 13.2 Å². The van der Waals surface area contributed by atoms with Crippen LogP contribution in [-0.4, -0.2) is 25.0 Å². The van der Waals surface area contributed by atoms with E-state index in [1.54, 1.807) is 30.5 Å². The van der Waals surface area contributed by atoms with Gasteiger partial charge >= 0.3 is 10.1 Å². The molecule has 1 aliphatic carbocycles. The first-order valence-corrected chi connectivity index (χ1v) is 10.9. The molecule has 0 spiro atoms. The second kappa shape index (κ2) is 8.61. The van der Waals surface area contributed by atoms with Crippen LogP contribution in [0.3, 0.4) is 0 Å². The monoisotopic (exact) mass is 391 g/mol. The number of amides is 1. The van der Waals surface area contributed by atoms with Gasteiger partial charge in [-0.2, -0.15) is 8.42 Å². The van der Waals surface area contributed by atoms with Crippen LogP contribution in [-0.2, 0) is 28.0 Å². The summed E-state index contributed by atoms with van der Waals surface area (Å²) in [6.07, 6.45) is 5.68. The van der Waals surface area contributed by atoms with Crippen LogP contribution in [0.25, 0.3) is 0 Å². The topological polar surface area (TPSA) is 76.8 Å². The van der Waals surface area contributed by atoms with E-state index in [1.807, 2.05) is 17.0 Å². The van der Waals surface area contributed by atoms with E-state index >= 15 is 0 Å². The van der Waals surface area contributed by atoms with E-state index in [2.05, 4.69) is 0 Å². The van der Waals surface area contributed by atoms with Gasteiger partial charge in [0.2, 0.25) is 5.91 Å². The Balaban J connectivity index is 1.72. The van der Waals surface area contributed by atoms with Crippen LogP contribution in [0.1, 0.15) is 43.9 Å². The number of carbonyl (C=O) groups excluding carboxylic acids is 1. The number of hydrogen-bond acceptors (Lipinski definition) is 5. The van der Waals surface area contributed by atoms with Gasteiger partial charge in [-0.05, 0) is 49.6 Å². The average molecular weight is 391 g/mol. The Morgan fingerprint density at radius 1 is 1.15 bits per heavy atom. The fraction of sp³-hybridized carbons (Fsp3) is 0.450. The second-order valence-electron chi connectivity index (χ2n) is 6.83. The molecule has 0 bridgehead atoms. The van der Waals surface area contributed by atoms with Crippen LogP contribution in [0.5, 0.6) is 5.75 Å². The number of hydrogen-bond donors (Lipinski definition) is 0. The molecule has 1 aromatic carbocycles. The SMILES string of the molecule is CCS(=O)(=O)Oc1ccc(CN(Cc2ccco2)C(=O)C2CCCC2)cc1. The number of rotatable bonds is 8. The molecule has 0 saturated heterocycles. The highest BCUT2D eigenvalue weighted by Crippen LogP contribution is 2.28. The van der Waals surface area contributed by atoms with Crippen molar-refractivity contribution in [2.75, 3.05) is 5.75 Å². The summed E-state index contributed by atoms with van der Waals surface area (Å²) in [6.45, 7) is 2.40. The Hall–Kier alpha value is -2.28. The van der Waals surface area contributed by atoms with E-state index in [1.165, 1.54) is 6.92 Å². The summed E-state index contributed by atoms with van der Waals surface area (Å²) in [7, 11) is -3.54. The molecule has 27 heavy (non-hydrogen) atoms. The molecule has 0 radical (unpaired) electrons. The fourth-order valence-corrected chi connectivity index (χ4v) is 3.83. The van der Waals surface area contributed by atoms with Gasteiger partial charge in [0.25, 0.3) is 0 Å². The number of benzene rings is 1. The fourth-order valence-electron chi connectivity index (χ4n) is 3.31. The van der Waals surface area contributed by atoms with Crippen molar-refractivity contribution in [2.45, 2.75) is 45.7 Å². The van der Waals surface area contributed by atoms with Crippen LogP contribution in [0.15, 0.2) is 47.1 Å². The van der Waals surface area contributed by atoms with Crippen molar-refractivity contribution in [1.29, 1.82) is 0 Å². The molecule has 0 atom stereocenters. The first-order chi connectivity index (χ1) is 13.0. The largest absolute Gasteiger partial charge is 0.467 e. The van der Waals surface area contributed by atoms with Gasteiger partial charge in [0.15, 0.2) is 0 Å². The summed E-state index contributed by atoms with van der Waals surface area (Å²) in [5, 5.41) is 0. The lowest BCUT2D eigenvalue weighted by Crippen LogP contribution is -2.34. The van der Waals surface area contributed by atoms with E-state index in [4.69, 9.17) is 8.60 Å². The highest BCUT2D eigenvalue weighted by Gasteiger charge is 2.28. The Labute approximate surface area is 160 Å². The lowest BCUT2D eigenvalue weighted by atomic mass is 10.1. The Bertz CT molecular complexity index is 837. The Morgan fingerprint density at radius 2 is 1.85 bits per heavy atom. The Morgan fingerprint density at radius 3 is 2.44 bits per heavy atom. The molecule has 7 heteroatoms. The number of carbonyl (C=O) groups is 1. The van der Waals surface area contributed by atoms with E-state index < -0.39 is 10.1 Å². The average Bonchev–Trinajstić information content (AvgIpc) is 3.36. The molecule has 1 heterocycles. The van der Waals surface area contributed by atoms with Crippen molar-refractivity contribution in [2.24, 2.45) is 5.92 Å². The predicted molar refractivity (Wildman–Crippen MR) is 101 cm³/mol. The maximum atomic E-state index is 12.9. The zero-order valence-electron chi connectivity index (χ0n) is 15.5. The van der Waals surface area contributed by atoms with Crippen LogP contribution in [0.4, 0.5) is 0 Å². The summed E-state index contributed by atoms with van der Waals surface area (Å²) in [5.41, 5.74) is 0.911. The molecule has 3 rings (SSSR count). The molecule has 1 aliphatic rings. The molecule has 0 N–H and O–H groups in total. The zero-order chi connectivity index (χ0) is 19.3. The predicted octanol–water partition coefficient (Wildman–Crippen LogP) is 3.73. The summed E-state index contributed by atoms with van der Waals surface area (Å²) in [6, 6.07) is 10.5. The number of furan rings is 1. The van der Waals surface area contributed by atoms with Crippen molar-refractivity contribution in [3.05, 3.63) is 54.0 Å². The van der Waals surface area contributed by atoms with Crippen LogP contribution in [0, 0.1) is 5.92 Å². The minimum Gasteiger partial charge on any atom is -0.467 e. The third-order valence-electron chi connectivity index (χ3n) is 4.82. The molecule has 1 amide bonds. The second-order valence-corrected chi connectivity index (χ2v) is 8.69. The molecule has 2 aromatic rings. The van der Waals surface area contributed by atoms with Gasteiger partial charge < -0.3 is 13.5 Å². The first kappa shape index (κ1) is 19.5. The molecule has 1 saturated carbocycles. The third kappa shape index (κ3) is 5.35. The summed E-state index contributed by atoms with van der Waals surface area (Å²) in [4.78, 5) is 14.8. The van der Waals surface area contributed by atoms with Gasteiger partial charge in [-0.25, -0.2) is 0 Å². The van der Waals surface area contributed by atoms with Crippen molar-refractivity contribution in [1.82, 2.24) is 4.90 Å². The summed E-state index contributed by atoms with van der Waals surface area (Å²) >= 11 is 0. The van der Waals surface area contributed by atoms with Crippen molar-refractivity contribution >= 4 is 16.0 Å². The standard InChI is InChI=1S/C20H25NO5S/c1-2-27(23,24)26-18-11-9-16(10-12-18)14-21(15-19-8-5-13-25-19)20(22)17-6-3-4-7-17/h5,8-13,17H,2-4,6-7,14-15H2,1H3. The van der Waals surface area contributed by atoms with Crippen LogP contribution < -0.4 is 4.18 Å². The van der Waals surface area contributed by atoms with Gasteiger partial charge in [-0.1, -0.05) is 25.0 Å². The third-order valence-corrected chi connectivity index (χ3v) is 5.97. The molecule has 1 fully saturated rings. The van der Waals surface area contributed by atoms with E-state index in [0.29, 0.717) is 13.1 Å². The summed E-state index contributed by atoms with van der Waals surface area (Å²) < 4.78 is 33.5. The van der Waals surface area contributed by atoms with Crippen molar-refractivity contribution < 1.29 is 21.8 Å². The normalized spacial score (nSPS) is 15.0. The van der Waals surface area contributed by atoms with Crippen molar-refractivity contribution in [3.8, 4) is 5.75 Å². The van der Waals surface area contributed by atoms with Crippen molar-refractivity contribution in [3.63, 3.8) is 0 Å². The smallest absolute Gasteiger partial charge is 0.308 e. The highest BCUT2D eigenvalue weighted by atomic mass is 32.2. The van der Waals surface area contributed by atoms with Crippen LogP contribution >= 0.6 is 0 Å². The van der Waals surface area contributed by atoms with Crippen LogP contribution in [0.2, 0.25) is 0 Å². The van der Waals surface area contributed by atoms with Gasteiger partial charge in [0.05, 0.1) is 18.6 Å². The quantitative estimate of drug-likeness (QED) is 0.641.